The van der Waals surface area contributed by atoms with Gasteiger partial charge in [0.25, 0.3) is 0 Å². The number of nitrogens with zero attached hydrogens (tertiary/aromatic N) is 3. The molecule has 0 spiro atoms. The Kier molecular flexibility index (Phi) is 4.20. The van der Waals surface area contributed by atoms with E-state index in [9.17, 15) is 14.3 Å². The molecule has 1 saturated heterocycles. The van der Waals surface area contributed by atoms with Crippen molar-refractivity contribution in [3.63, 3.8) is 0 Å². The Hall–Kier alpha value is -2.54. The minimum Gasteiger partial charge on any atom is -0.478 e. The zero-order valence-electron chi connectivity index (χ0n) is 12.3. The molecular formula is C16H16FN3O3. The van der Waals surface area contributed by atoms with Gasteiger partial charge in [-0.15, -0.1) is 0 Å². The van der Waals surface area contributed by atoms with Crippen molar-refractivity contribution < 1.29 is 19.4 Å². The van der Waals surface area contributed by atoms with E-state index in [1.54, 1.807) is 0 Å². The molecule has 2 aromatic rings. The van der Waals surface area contributed by atoms with E-state index in [4.69, 9.17) is 5.11 Å². The highest BCUT2D eigenvalue weighted by Gasteiger charge is 2.20. The zero-order valence-corrected chi connectivity index (χ0v) is 12.3. The van der Waals surface area contributed by atoms with E-state index in [1.165, 1.54) is 24.5 Å². The molecule has 1 aromatic heterocycles. The standard InChI is InChI=1S/C16H16FN3O3/c17-14-6-10(15(22)23)3-4-13(14)11-7-18-16(19-8-11)20-5-1-2-12(21)9-20/h3-4,6-8,12,21H,1-2,5,9H2,(H,22,23). The third kappa shape index (κ3) is 3.29. The number of aliphatic hydroxyl groups is 1. The monoisotopic (exact) mass is 317 g/mol. The smallest absolute Gasteiger partial charge is 0.335 e. The molecule has 2 heterocycles. The first-order valence-electron chi connectivity index (χ1n) is 7.33. The fourth-order valence-electron chi connectivity index (χ4n) is 2.64. The number of aromatic nitrogens is 2. The fourth-order valence-corrected chi connectivity index (χ4v) is 2.64. The summed E-state index contributed by atoms with van der Waals surface area (Å²) in [5, 5.41) is 18.5. The van der Waals surface area contributed by atoms with Gasteiger partial charge in [0.2, 0.25) is 5.95 Å². The topological polar surface area (TPSA) is 86.5 Å². The van der Waals surface area contributed by atoms with Crippen LogP contribution in [0.4, 0.5) is 10.3 Å². The van der Waals surface area contributed by atoms with Gasteiger partial charge in [0.05, 0.1) is 11.7 Å². The Balaban J connectivity index is 1.83. The first kappa shape index (κ1) is 15.4. The van der Waals surface area contributed by atoms with E-state index in [0.717, 1.165) is 25.5 Å². The van der Waals surface area contributed by atoms with Crippen molar-refractivity contribution in [1.82, 2.24) is 9.97 Å². The number of hydrogen-bond acceptors (Lipinski definition) is 5. The van der Waals surface area contributed by atoms with Crippen molar-refractivity contribution in [1.29, 1.82) is 0 Å². The van der Waals surface area contributed by atoms with E-state index in [2.05, 4.69) is 9.97 Å². The first-order chi connectivity index (χ1) is 11.0. The second-order valence-electron chi connectivity index (χ2n) is 5.51. The lowest BCUT2D eigenvalue weighted by atomic mass is 10.1. The number of rotatable bonds is 3. The van der Waals surface area contributed by atoms with Gasteiger partial charge in [-0.2, -0.15) is 0 Å². The van der Waals surface area contributed by atoms with Crippen molar-refractivity contribution in [3.05, 3.63) is 42.0 Å². The van der Waals surface area contributed by atoms with Crippen LogP contribution in [0.5, 0.6) is 0 Å². The lowest BCUT2D eigenvalue weighted by Gasteiger charge is -2.29. The number of β-amino-alcohol motifs (C(OH)–C–C–N with tert-alkyl or cyclic N) is 1. The second kappa shape index (κ2) is 6.29. The van der Waals surface area contributed by atoms with E-state index in [0.29, 0.717) is 18.1 Å². The number of carboxylic acid groups (broad SMARTS) is 1. The third-order valence-corrected chi connectivity index (χ3v) is 3.84. The Bertz CT molecular complexity index is 721. The summed E-state index contributed by atoms with van der Waals surface area (Å²) in [7, 11) is 0. The minimum atomic E-state index is -1.18. The van der Waals surface area contributed by atoms with E-state index < -0.39 is 11.8 Å². The van der Waals surface area contributed by atoms with Gasteiger partial charge in [-0.1, -0.05) is 6.07 Å². The number of aromatic carboxylic acids is 1. The molecule has 23 heavy (non-hydrogen) atoms. The number of hydrogen-bond donors (Lipinski definition) is 2. The van der Waals surface area contributed by atoms with Crippen molar-refractivity contribution >= 4 is 11.9 Å². The normalized spacial score (nSPS) is 18.0. The maximum absolute atomic E-state index is 14.0. The van der Waals surface area contributed by atoms with Crippen molar-refractivity contribution in [2.45, 2.75) is 18.9 Å². The van der Waals surface area contributed by atoms with Crippen molar-refractivity contribution in [3.8, 4) is 11.1 Å². The van der Waals surface area contributed by atoms with Crippen LogP contribution >= 0.6 is 0 Å². The Labute approximate surface area is 132 Å². The Morgan fingerprint density at radius 2 is 2.04 bits per heavy atom. The average molecular weight is 317 g/mol. The number of piperidine rings is 1. The van der Waals surface area contributed by atoms with Crippen molar-refractivity contribution in [2.24, 2.45) is 0 Å². The molecule has 0 radical (unpaired) electrons. The van der Waals surface area contributed by atoms with Gasteiger partial charge < -0.3 is 15.1 Å². The van der Waals surface area contributed by atoms with Gasteiger partial charge in [0.1, 0.15) is 5.82 Å². The molecule has 7 heteroatoms. The maximum atomic E-state index is 14.0. The summed E-state index contributed by atoms with van der Waals surface area (Å²) in [6, 6.07) is 3.73. The highest BCUT2D eigenvalue weighted by atomic mass is 19.1. The number of carbonyl (C=O) groups is 1. The van der Waals surface area contributed by atoms with Crippen LogP contribution in [0.2, 0.25) is 0 Å². The van der Waals surface area contributed by atoms with Crippen molar-refractivity contribution in [2.75, 3.05) is 18.0 Å². The predicted molar refractivity (Wildman–Crippen MR) is 81.8 cm³/mol. The molecule has 0 aliphatic carbocycles. The van der Waals surface area contributed by atoms with Crippen LogP contribution in [0.1, 0.15) is 23.2 Å². The second-order valence-corrected chi connectivity index (χ2v) is 5.51. The van der Waals surface area contributed by atoms with Gasteiger partial charge >= 0.3 is 5.97 Å². The van der Waals surface area contributed by atoms with Crippen LogP contribution in [-0.2, 0) is 0 Å². The molecule has 0 saturated carbocycles. The van der Waals surface area contributed by atoms with Gasteiger partial charge in [-0.25, -0.2) is 19.2 Å². The number of halogens is 1. The fraction of sp³-hybridized carbons (Fsp3) is 0.312. The first-order valence-corrected chi connectivity index (χ1v) is 7.33. The summed E-state index contributed by atoms with van der Waals surface area (Å²) in [5.74, 6) is -1.31. The van der Waals surface area contributed by atoms with Crippen LogP contribution in [0, 0.1) is 5.82 Å². The molecule has 6 nitrogen and oxygen atoms in total. The van der Waals surface area contributed by atoms with Crippen LogP contribution < -0.4 is 4.90 Å². The molecule has 1 aliphatic rings. The Morgan fingerprint density at radius 3 is 2.65 bits per heavy atom. The third-order valence-electron chi connectivity index (χ3n) is 3.84. The molecule has 1 aromatic carbocycles. The van der Waals surface area contributed by atoms with Crippen LogP contribution in [-0.4, -0.2) is 45.3 Å². The summed E-state index contributed by atoms with van der Waals surface area (Å²) >= 11 is 0. The molecule has 120 valence electrons. The maximum Gasteiger partial charge on any atom is 0.335 e. The molecule has 1 aliphatic heterocycles. The predicted octanol–water partition coefficient (Wildman–Crippen LogP) is 1.94. The highest BCUT2D eigenvalue weighted by Crippen LogP contribution is 2.24. The van der Waals surface area contributed by atoms with Gasteiger partial charge in [-0.05, 0) is 25.0 Å². The molecule has 0 bridgehead atoms. The lowest BCUT2D eigenvalue weighted by Crippen LogP contribution is -2.39. The SMILES string of the molecule is O=C(O)c1ccc(-c2cnc(N3CCCC(O)C3)nc2)c(F)c1. The van der Waals surface area contributed by atoms with E-state index in [-0.39, 0.29) is 17.2 Å². The van der Waals surface area contributed by atoms with Crippen LogP contribution in [0.15, 0.2) is 30.6 Å². The molecule has 1 fully saturated rings. The minimum absolute atomic E-state index is 0.105. The van der Waals surface area contributed by atoms with Gasteiger partial charge in [0, 0.05) is 36.6 Å². The quantitative estimate of drug-likeness (QED) is 0.900. The molecule has 3 rings (SSSR count). The Morgan fingerprint density at radius 1 is 1.30 bits per heavy atom. The molecular weight excluding hydrogens is 301 g/mol. The molecule has 1 unspecified atom stereocenters. The number of anilines is 1. The summed E-state index contributed by atoms with van der Waals surface area (Å²) < 4.78 is 14.0. The summed E-state index contributed by atoms with van der Waals surface area (Å²) in [6.45, 7) is 1.26. The van der Waals surface area contributed by atoms with Crippen LogP contribution in [0.3, 0.4) is 0 Å². The van der Waals surface area contributed by atoms with Gasteiger partial charge in [0.15, 0.2) is 0 Å². The van der Waals surface area contributed by atoms with Gasteiger partial charge in [-0.3, -0.25) is 0 Å². The number of benzene rings is 1. The highest BCUT2D eigenvalue weighted by molar-refractivity contribution is 5.88. The molecule has 0 amide bonds. The lowest BCUT2D eigenvalue weighted by molar-refractivity contribution is 0.0696. The zero-order chi connectivity index (χ0) is 16.4. The van der Waals surface area contributed by atoms with Crippen LogP contribution in [0.25, 0.3) is 11.1 Å². The summed E-state index contributed by atoms with van der Waals surface area (Å²) in [6.07, 6.45) is 4.27. The largest absolute Gasteiger partial charge is 0.478 e. The molecule has 1 atom stereocenters. The summed E-state index contributed by atoms with van der Waals surface area (Å²) in [4.78, 5) is 21.2. The van der Waals surface area contributed by atoms with E-state index >= 15 is 0 Å². The average Bonchev–Trinajstić information content (AvgIpc) is 2.55. The summed E-state index contributed by atoms with van der Waals surface area (Å²) in [5.41, 5.74) is 0.618. The molecule has 2 N–H and O–H groups in total. The van der Waals surface area contributed by atoms with E-state index in [1.807, 2.05) is 4.90 Å². The number of carboxylic acids is 1. The number of aliphatic hydroxyl groups excluding tert-OH is 1.